The molecule has 2 aromatic rings. The van der Waals surface area contributed by atoms with E-state index in [0.717, 1.165) is 17.1 Å². The van der Waals surface area contributed by atoms with Gasteiger partial charge in [0.1, 0.15) is 5.82 Å². The average molecular weight is 230 g/mol. The molecule has 0 spiro atoms. The Morgan fingerprint density at radius 2 is 1.94 bits per heavy atom. The number of nitrogens with zero attached hydrogens (tertiary/aromatic N) is 2. The van der Waals surface area contributed by atoms with Gasteiger partial charge in [-0.2, -0.15) is 0 Å². The molecule has 0 N–H and O–H groups in total. The first kappa shape index (κ1) is 11.4. The predicted molar refractivity (Wildman–Crippen MR) is 64.7 cm³/mol. The van der Waals surface area contributed by atoms with E-state index in [4.69, 9.17) is 0 Å². The molecule has 0 amide bonds. The number of ether oxygens (including phenoxy) is 1. The van der Waals surface area contributed by atoms with Crippen LogP contribution in [0.5, 0.6) is 0 Å². The highest BCUT2D eigenvalue weighted by atomic mass is 16.5. The van der Waals surface area contributed by atoms with Crippen LogP contribution in [0.2, 0.25) is 0 Å². The molecule has 2 rings (SSSR count). The van der Waals surface area contributed by atoms with E-state index < -0.39 is 0 Å². The van der Waals surface area contributed by atoms with Gasteiger partial charge in [0.15, 0.2) is 0 Å². The lowest BCUT2D eigenvalue weighted by Crippen LogP contribution is -2.01. The molecule has 0 saturated carbocycles. The number of carbonyl (C=O) groups excluding carboxylic acids is 1. The molecule has 4 heteroatoms. The minimum absolute atomic E-state index is 0.326. The van der Waals surface area contributed by atoms with Gasteiger partial charge in [-0.25, -0.2) is 9.78 Å². The molecular weight excluding hydrogens is 216 g/mol. The molecule has 0 aliphatic carbocycles. The standard InChI is InChI=1S/C13H14N2O2/c1-9-8-14-12(15(9)2)10-4-6-11(7-5-10)13(16)17-3/h4-8H,1-3H3. The Kier molecular flexibility index (Phi) is 2.95. The number of imidazole rings is 1. The van der Waals surface area contributed by atoms with Crippen molar-refractivity contribution in [3.8, 4) is 11.4 Å². The van der Waals surface area contributed by atoms with Crippen LogP contribution >= 0.6 is 0 Å². The Morgan fingerprint density at radius 1 is 1.29 bits per heavy atom. The van der Waals surface area contributed by atoms with Crippen molar-refractivity contribution >= 4 is 5.97 Å². The summed E-state index contributed by atoms with van der Waals surface area (Å²) in [7, 11) is 3.34. The number of rotatable bonds is 2. The number of hydrogen-bond acceptors (Lipinski definition) is 3. The summed E-state index contributed by atoms with van der Waals surface area (Å²) in [6.45, 7) is 2.00. The molecule has 0 atom stereocenters. The SMILES string of the molecule is COC(=O)c1ccc(-c2ncc(C)n2C)cc1. The third-order valence-electron chi connectivity index (χ3n) is 2.78. The van der Waals surface area contributed by atoms with E-state index in [1.165, 1.54) is 7.11 Å². The van der Waals surface area contributed by atoms with Crippen LogP contribution in [-0.2, 0) is 11.8 Å². The molecule has 0 unspecified atom stereocenters. The fourth-order valence-corrected chi connectivity index (χ4v) is 1.64. The van der Waals surface area contributed by atoms with E-state index in [1.54, 1.807) is 12.1 Å². The molecule has 0 bridgehead atoms. The molecule has 0 aliphatic rings. The van der Waals surface area contributed by atoms with Crippen molar-refractivity contribution in [3.63, 3.8) is 0 Å². The molecule has 1 aromatic heterocycles. The van der Waals surface area contributed by atoms with E-state index in [9.17, 15) is 4.79 Å². The quantitative estimate of drug-likeness (QED) is 0.743. The van der Waals surface area contributed by atoms with E-state index in [-0.39, 0.29) is 5.97 Å². The van der Waals surface area contributed by atoms with Crippen molar-refractivity contribution in [3.05, 3.63) is 41.7 Å². The zero-order chi connectivity index (χ0) is 12.4. The normalized spacial score (nSPS) is 10.3. The second-order valence-corrected chi connectivity index (χ2v) is 3.85. The van der Waals surface area contributed by atoms with Gasteiger partial charge in [0.2, 0.25) is 0 Å². The topological polar surface area (TPSA) is 44.1 Å². The molecule has 0 aliphatic heterocycles. The fourth-order valence-electron chi connectivity index (χ4n) is 1.64. The van der Waals surface area contributed by atoms with Crippen molar-refractivity contribution in [1.82, 2.24) is 9.55 Å². The fraction of sp³-hybridized carbons (Fsp3) is 0.231. The molecule has 4 nitrogen and oxygen atoms in total. The average Bonchev–Trinajstić information content (AvgIpc) is 2.69. The maximum atomic E-state index is 11.3. The van der Waals surface area contributed by atoms with Crippen molar-refractivity contribution in [1.29, 1.82) is 0 Å². The summed E-state index contributed by atoms with van der Waals surface area (Å²) in [5.74, 6) is 0.562. The lowest BCUT2D eigenvalue weighted by atomic mass is 10.1. The van der Waals surface area contributed by atoms with Crippen LogP contribution in [0, 0.1) is 6.92 Å². The number of aryl methyl sites for hydroxylation is 1. The van der Waals surface area contributed by atoms with Crippen molar-refractivity contribution < 1.29 is 9.53 Å². The molecular formula is C13H14N2O2. The van der Waals surface area contributed by atoms with E-state index >= 15 is 0 Å². The summed E-state index contributed by atoms with van der Waals surface area (Å²) in [4.78, 5) is 15.6. The Hall–Kier alpha value is -2.10. The van der Waals surface area contributed by atoms with Gasteiger partial charge in [-0.15, -0.1) is 0 Å². The van der Waals surface area contributed by atoms with Gasteiger partial charge in [0, 0.05) is 24.5 Å². The van der Waals surface area contributed by atoms with Gasteiger partial charge >= 0.3 is 5.97 Å². The number of esters is 1. The highest BCUT2D eigenvalue weighted by molar-refractivity contribution is 5.89. The lowest BCUT2D eigenvalue weighted by Gasteiger charge is -2.04. The van der Waals surface area contributed by atoms with Crippen LogP contribution < -0.4 is 0 Å². The van der Waals surface area contributed by atoms with Gasteiger partial charge < -0.3 is 9.30 Å². The van der Waals surface area contributed by atoms with Crippen molar-refractivity contribution in [2.75, 3.05) is 7.11 Å². The Labute approximate surface area is 99.9 Å². The zero-order valence-corrected chi connectivity index (χ0v) is 10.1. The van der Waals surface area contributed by atoms with Crippen LogP contribution in [0.1, 0.15) is 16.1 Å². The summed E-state index contributed by atoms with van der Waals surface area (Å²) in [5.41, 5.74) is 2.62. The van der Waals surface area contributed by atoms with E-state index in [1.807, 2.05) is 36.9 Å². The van der Waals surface area contributed by atoms with Crippen LogP contribution in [0.4, 0.5) is 0 Å². The van der Waals surface area contributed by atoms with Gasteiger partial charge in [0.25, 0.3) is 0 Å². The predicted octanol–water partition coefficient (Wildman–Crippen LogP) is 2.18. The number of methoxy groups -OCH3 is 1. The number of benzene rings is 1. The molecule has 88 valence electrons. The Bertz CT molecular complexity index is 541. The summed E-state index contributed by atoms with van der Waals surface area (Å²) in [6.07, 6.45) is 1.82. The van der Waals surface area contributed by atoms with Gasteiger partial charge in [-0.1, -0.05) is 12.1 Å². The number of hydrogen-bond donors (Lipinski definition) is 0. The summed E-state index contributed by atoms with van der Waals surface area (Å²) in [6, 6.07) is 7.22. The van der Waals surface area contributed by atoms with E-state index in [2.05, 4.69) is 9.72 Å². The highest BCUT2D eigenvalue weighted by Crippen LogP contribution is 2.19. The van der Waals surface area contributed by atoms with Crippen LogP contribution in [0.3, 0.4) is 0 Å². The smallest absolute Gasteiger partial charge is 0.337 e. The largest absolute Gasteiger partial charge is 0.465 e. The first-order chi connectivity index (χ1) is 8.13. The Morgan fingerprint density at radius 3 is 2.41 bits per heavy atom. The third kappa shape index (κ3) is 2.06. The first-order valence-electron chi connectivity index (χ1n) is 5.30. The van der Waals surface area contributed by atoms with Crippen LogP contribution in [0.15, 0.2) is 30.5 Å². The lowest BCUT2D eigenvalue weighted by molar-refractivity contribution is 0.0601. The zero-order valence-electron chi connectivity index (χ0n) is 10.1. The van der Waals surface area contributed by atoms with Gasteiger partial charge in [-0.3, -0.25) is 0 Å². The second-order valence-electron chi connectivity index (χ2n) is 3.85. The molecule has 0 saturated heterocycles. The van der Waals surface area contributed by atoms with E-state index in [0.29, 0.717) is 5.56 Å². The molecule has 0 radical (unpaired) electrons. The minimum Gasteiger partial charge on any atom is -0.465 e. The summed E-state index contributed by atoms with van der Waals surface area (Å²) >= 11 is 0. The number of carbonyl (C=O) groups is 1. The summed E-state index contributed by atoms with van der Waals surface area (Å²) in [5, 5.41) is 0. The third-order valence-corrected chi connectivity index (χ3v) is 2.78. The monoisotopic (exact) mass is 230 g/mol. The molecule has 1 aromatic carbocycles. The maximum absolute atomic E-state index is 11.3. The van der Waals surface area contributed by atoms with Crippen molar-refractivity contribution in [2.24, 2.45) is 7.05 Å². The van der Waals surface area contributed by atoms with Crippen LogP contribution in [0.25, 0.3) is 11.4 Å². The maximum Gasteiger partial charge on any atom is 0.337 e. The highest BCUT2D eigenvalue weighted by Gasteiger charge is 2.08. The minimum atomic E-state index is -0.326. The molecule has 17 heavy (non-hydrogen) atoms. The van der Waals surface area contributed by atoms with Crippen molar-refractivity contribution in [2.45, 2.75) is 6.92 Å². The van der Waals surface area contributed by atoms with Gasteiger partial charge in [-0.05, 0) is 19.1 Å². The van der Waals surface area contributed by atoms with Gasteiger partial charge in [0.05, 0.1) is 12.7 Å². The first-order valence-corrected chi connectivity index (χ1v) is 5.30. The second kappa shape index (κ2) is 4.41. The summed E-state index contributed by atoms with van der Waals surface area (Å²) < 4.78 is 6.66. The van der Waals surface area contributed by atoms with Crippen LogP contribution in [-0.4, -0.2) is 22.6 Å². The Balaban J connectivity index is 2.36. The number of aromatic nitrogens is 2. The molecule has 1 heterocycles. The molecule has 0 fully saturated rings.